The highest BCUT2D eigenvalue weighted by Gasteiger charge is 2.32. The predicted molar refractivity (Wildman–Crippen MR) is 107 cm³/mol. The number of morpholine rings is 1. The predicted octanol–water partition coefficient (Wildman–Crippen LogP) is 3.40. The molecule has 1 fully saturated rings. The van der Waals surface area contributed by atoms with Crippen LogP contribution in [0, 0.1) is 0 Å². The molecule has 0 radical (unpaired) electrons. The summed E-state index contributed by atoms with van der Waals surface area (Å²) in [6.07, 6.45) is -4.54. The molecule has 1 amide bonds. The first-order valence-corrected chi connectivity index (χ1v) is 9.88. The normalized spacial score (nSPS) is 19.3. The minimum atomic E-state index is -4.54. The van der Waals surface area contributed by atoms with Gasteiger partial charge >= 0.3 is 6.18 Å². The number of amides is 1. The molecule has 160 valence electrons. The molecule has 0 saturated carbocycles. The topological polar surface area (TPSA) is 66.5 Å². The summed E-state index contributed by atoms with van der Waals surface area (Å²) in [5, 5.41) is 5.83. The average molecular weight is 420 g/mol. The van der Waals surface area contributed by atoms with Crippen molar-refractivity contribution in [3.05, 3.63) is 52.6 Å². The Morgan fingerprint density at radius 1 is 1.23 bits per heavy atom. The van der Waals surface area contributed by atoms with Gasteiger partial charge < -0.3 is 20.3 Å². The van der Waals surface area contributed by atoms with E-state index in [1.807, 2.05) is 6.07 Å². The van der Waals surface area contributed by atoms with Gasteiger partial charge in [-0.15, -0.1) is 0 Å². The van der Waals surface area contributed by atoms with Gasteiger partial charge in [0.05, 0.1) is 18.8 Å². The smallest absolute Gasteiger partial charge is 0.378 e. The number of carbonyl (C=O) groups is 1. The van der Waals surface area contributed by atoms with Crippen molar-refractivity contribution in [3.63, 3.8) is 0 Å². The fourth-order valence-electron chi connectivity index (χ4n) is 3.80. The van der Waals surface area contributed by atoms with E-state index >= 15 is 0 Å². The SMILES string of the molecule is CC1CNCc2cc(C(=O)Nc3cc(C(F)(F)F)cc(N4CCOCC4)n3)ccc21. The number of anilines is 2. The van der Waals surface area contributed by atoms with Crippen LogP contribution in [0.5, 0.6) is 0 Å². The number of carbonyl (C=O) groups excluding carboxylic acids is 1. The number of ether oxygens (including phenoxy) is 1. The fourth-order valence-corrected chi connectivity index (χ4v) is 3.80. The molecule has 2 aromatic rings. The van der Waals surface area contributed by atoms with Crippen molar-refractivity contribution < 1.29 is 22.7 Å². The molecule has 1 aromatic carbocycles. The van der Waals surface area contributed by atoms with Crippen LogP contribution < -0.4 is 15.5 Å². The Balaban J connectivity index is 1.61. The maximum Gasteiger partial charge on any atom is 0.416 e. The van der Waals surface area contributed by atoms with E-state index < -0.39 is 17.6 Å². The lowest BCUT2D eigenvalue weighted by Gasteiger charge is -2.28. The Hall–Kier alpha value is -2.65. The van der Waals surface area contributed by atoms with Gasteiger partial charge in [-0.1, -0.05) is 13.0 Å². The number of alkyl halides is 3. The molecule has 1 atom stereocenters. The van der Waals surface area contributed by atoms with E-state index in [-0.39, 0.29) is 11.6 Å². The molecule has 1 unspecified atom stereocenters. The summed E-state index contributed by atoms with van der Waals surface area (Å²) < 4.78 is 45.5. The molecule has 30 heavy (non-hydrogen) atoms. The Kier molecular flexibility index (Phi) is 5.66. The Morgan fingerprint density at radius 3 is 2.73 bits per heavy atom. The van der Waals surface area contributed by atoms with Crippen LogP contribution in [0.3, 0.4) is 0 Å². The number of pyridine rings is 1. The lowest BCUT2D eigenvalue weighted by molar-refractivity contribution is -0.137. The van der Waals surface area contributed by atoms with Crippen LogP contribution in [0.4, 0.5) is 24.8 Å². The lowest BCUT2D eigenvalue weighted by Crippen LogP contribution is -2.37. The van der Waals surface area contributed by atoms with Crippen LogP contribution in [0.2, 0.25) is 0 Å². The van der Waals surface area contributed by atoms with Gasteiger partial charge in [-0.3, -0.25) is 4.79 Å². The monoisotopic (exact) mass is 420 g/mol. The third-order valence-corrected chi connectivity index (χ3v) is 5.42. The summed E-state index contributed by atoms with van der Waals surface area (Å²) in [6, 6.07) is 7.27. The Labute approximate surface area is 172 Å². The first-order chi connectivity index (χ1) is 14.3. The van der Waals surface area contributed by atoms with Crippen LogP contribution in [0.25, 0.3) is 0 Å². The molecule has 6 nitrogen and oxygen atoms in total. The first-order valence-electron chi connectivity index (χ1n) is 9.88. The van der Waals surface area contributed by atoms with E-state index in [9.17, 15) is 18.0 Å². The highest BCUT2D eigenvalue weighted by atomic mass is 19.4. The summed E-state index contributed by atoms with van der Waals surface area (Å²) in [4.78, 5) is 18.7. The minimum absolute atomic E-state index is 0.125. The van der Waals surface area contributed by atoms with Crippen LogP contribution in [-0.2, 0) is 17.5 Å². The summed E-state index contributed by atoms with van der Waals surface area (Å²) in [5.74, 6) is -0.102. The number of nitrogens with one attached hydrogen (secondary N) is 2. The quantitative estimate of drug-likeness (QED) is 0.797. The highest BCUT2D eigenvalue weighted by Crippen LogP contribution is 2.33. The highest BCUT2D eigenvalue weighted by molar-refractivity contribution is 6.04. The third kappa shape index (κ3) is 4.41. The molecular weight excluding hydrogens is 397 g/mol. The van der Waals surface area contributed by atoms with Gasteiger partial charge in [-0.05, 0) is 41.3 Å². The van der Waals surface area contributed by atoms with E-state index in [2.05, 4.69) is 22.5 Å². The molecule has 1 aromatic heterocycles. The first kappa shape index (κ1) is 20.6. The van der Waals surface area contributed by atoms with Crippen molar-refractivity contribution in [1.82, 2.24) is 10.3 Å². The minimum Gasteiger partial charge on any atom is -0.378 e. The third-order valence-electron chi connectivity index (χ3n) is 5.42. The molecule has 0 bridgehead atoms. The van der Waals surface area contributed by atoms with Gasteiger partial charge in [-0.25, -0.2) is 4.98 Å². The molecule has 0 aliphatic carbocycles. The van der Waals surface area contributed by atoms with E-state index in [1.165, 1.54) is 5.56 Å². The molecule has 9 heteroatoms. The second kappa shape index (κ2) is 8.23. The van der Waals surface area contributed by atoms with Crippen LogP contribution in [0.15, 0.2) is 30.3 Å². The van der Waals surface area contributed by atoms with Crippen LogP contribution in [0.1, 0.15) is 39.9 Å². The number of hydrogen-bond donors (Lipinski definition) is 2. The molecule has 3 heterocycles. The zero-order valence-electron chi connectivity index (χ0n) is 16.6. The van der Waals surface area contributed by atoms with Gasteiger partial charge in [-0.2, -0.15) is 13.2 Å². The van der Waals surface area contributed by atoms with E-state index in [0.717, 1.165) is 24.2 Å². The number of nitrogens with zero attached hydrogens (tertiary/aromatic N) is 2. The second-order valence-corrected chi connectivity index (χ2v) is 7.60. The molecule has 4 rings (SSSR count). The number of benzene rings is 1. The molecule has 1 saturated heterocycles. The van der Waals surface area contributed by atoms with Gasteiger partial charge in [0, 0.05) is 31.7 Å². The maximum atomic E-state index is 13.4. The lowest BCUT2D eigenvalue weighted by atomic mass is 9.91. The second-order valence-electron chi connectivity index (χ2n) is 7.60. The van der Waals surface area contributed by atoms with Crippen molar-refractivity contribution in [2.75, 3.05) is 43.1 Å². The number of rotatable bonds is 3. The fraction of sp³-hybridized carbons (Fsp3) is 0.429. The van der Waals surface area contributed by atoms with E-state index in [0.29, 0.717) is 44.3 Å². The average Bonchev–Trinajstić information content (AvgIpc) is 2.73. The molecule has 2 aliphatic heterocycles. The van der Waals surface area contributed by atoms with Gasteiger partial charge in [0.1, 0.15) is 11.6 Å². The maximum absolute atomic E-state index is 13.4. The number of aromatic nitrogens is 1. The zero-order valence-corrected chi connectivity index (χ0v) is 16.6. The number of hydrogen-bond acceptors (Lipinski definition) is 5. The summed E-state index contributed by atoms with van der Waals surface area (Å²) in [5.41, 5.74) is 1.74. The Morgan fingerprint density at radius 2 is 2.00 bits per heavy atom. The molecule has 2 N–H and O–H groups in total. The van der Waals surface area contributed by atoms with E-state index in [1.54, 1.807) is 17.0 Å². The standard InChI is InChI=1S/C21H23F3N4O2/c1-13-11-25-12-15-8-14(2-3-17(13)15)20(29)27-18-9-16(21(22,23)24)10-19(26-18)28-4-6-30-7-5-28/h2-3,8-10,13,25H,4-7,11-12H2,1H3,(H,26,27,29). The molecule has 2 aliphatic rings. The van der Waals surface area contributed by atoms with Crippen molar-refractivity contribution >= 4 is 17.5 Å². The summed E-state index contributed by atoms with van der Waals surface area (Å²) >= 11 is 0. The van der Waals surface area contributed by atoms with Crippen molar-refractivity contribution in [1.29, 1.82) is 0 Å². The largest absolute Gasteiger partial charge is 0.416 e. The molecule has 0 spiro atoms. The van der Waals surface area contributed by atoms with Crippen LogP contribution in [-0.4, -0.2) is 43.7 Å². The van der Waals surface area contributed by atoms with Gasteiger partial charge in [0.25, 0.3) is 5.91 Å². The summed E-state index contributed by atoms with van der Waals surface area (Å²) in [7, 11) is 0. The molecular formula is C21H23F3N4O2. The zero-order chi connectivity index (χ0) is 21.3. The Bertz CT molecular complexity index is 942. The number of halogens is 3. The van der Waals surface area contributed by atoms with Crippen molar-refractivity contribution in [2.24, 2.45) is 0 Å². The van der Waals surface area contributed by atoms with Gasteiger partial charge in [0.2, 0.25) is 0 Å². The van der Waals surface area contributed by atoms with Crippen molar-refractivity contribution in [3.8, 4) is 0 Å². The van der Waals surface area contributed by atoms with Crippen molar-refractivity contribution in [2.45, 2.75) is 25.6 Å². The van der Waals surface area contributed by atoms with Gasteiger partial charge in [0.15, 0.2) is 0 Å². The van der Waals surface area contributed by atoms with E-state index in [4.69, 9.17) is 4.74 Å². The summed E-state index contributed by atoms with van der Waals surface area (Å²) in [6.45, 7) is 5.35. The number of fused-ring (bicyclic) bond motifs is 1. The van der Waals surface area contributed by atoms with Crippen LogP contribution >= 0.6 is 0 Å².